The lowest BCUT2D eigenvalue weighted by Gasteiger charge is -2.03. The Hall–Kier alpha value is -1.74. The topological polar surface area (TPSA) is 17.1 Å². The van der Waals surface area contributed by atoms with Crippen LogP contribution in [-0.2, 0) is 6.42 Å². The summed E-state index contributed by atoms with van der Waals surface area (Å²) in [7, 11) is 0. The second kappa shape index (κ2) is 5.27. The predicted molar refractivity (Wildman–Crippen MR) is 65.8 cm³/mol. The average Bonchev–Trinajstić information content (AvgIpc) is 2.32. The van der Waals surface area contributed by atoms with Gasteiger partial charge in [0.15, 0.2) is 17.4 Å². The van der Waals surface area contributed by atoms with E-state index in [0.29, 0.717) is 5.02 Å². The zero-order valence-electron chi connectivity index (χ0n) is 9.29. The minimum absolute atomic E-state index is 0.103. The highest BCUT2D eigenvalue weighted by atomic mass is 35.5. The van der Waals surface area contributed by atoms with E-state index in [0.717, 1.165) is 17.7 Å². The van der Waals surface area contributed by atoms with Gasteiger partial charge in [0.2, 0.25) is 0 Å². The van der Waals surface area contributed by atoms with Gasteiger partial charge in [-0.25, -0.2) is 8.78 Å². The van der Waals surface area contributed by atoms with Crippen LogP contribution in [0.25, 0.3) is 0 Å². The molecule has 0 fully saturated rings. The summed E-state index contributed by atoms with van der Waals surface area (Å²) in [4.78, 5) is 11.9. The van der Waals surface area contributed by atoms with Crippen molar-refractivity contribution in [2.24, 2.45) is 0 Å². The molecule has 0 aromatic heterocycles. The Morgan fingerprint density at radius 3 is 2.50 bits per heavy atom. The van der Waals surface area contributed by atoms with Gasteiger partial charge in [0.25, 0.3) is 0 Å². The fraction of sp³-hybridized carbons (Fsp3) is 0.0714. The van der Waals surface area contributed by atoms with Crippen molar-refractivity contribution in [2.45, 2.75) is 6.42 Å². The molecule has 2 aromatic rings. The number of halogens is 3. The van der Waals surface area contributed by atoms with E-state index >= 15 is 0 Å². The fourth-order valence-corrected chi connectivity index (χ4v) is 1.82. The van der Waals surface area contributed by atoms with Gasteiger partial charge in [0.1, 0.15) is 0 Å². The SMILES string of the molecule is O=C(Cc1cccc(Cl)c1)c1ccc(F)c(F)c1. The minimum Gasteiger partial charge on any atom is -0.294 e. The van der Waals surface area contributed by atoms with Crippen LogP contribution in [0.3, 0.4) is 0 Å². The largest absolute Gasteiger partial charge is 0.294 e. The average molecular weight is 267 g/mol. The third-order valence-electron chi connectivity index (χ3n) is 2.50. The molecule has 92 valence electrons. The van der Waals surface area contributed by atoms with E-state index in [4.69, 9.17) is 11.6 Å². The van der Waals surface area contributed by atoms with Crippen molar-refractivity contribution >= 4 is 17.4 Å². The molecule has 0 aliphatic carbocycles. The van der Waals surface area contributed by atoms with Crippen LogP contribution in [0.4, 0.5) is 8.78 Å². The smallest absolute Gasteiger partial charge is 0.167 e. The van der Waals surface area contributed by atoms with Crippen LogP contribution in [0.15, 0.2) is 42.5 Å². The Balaban J connectivity index is 2.19. The number of ketones is 1. The molecule has 2 aromatic carbocycles. The van der Waals surface area contributed by atoms with Crippen molar-refractivity contribution in [1.82, 2.24) is 0 Å². The number of hydrogen-bond donors (Lipinski definition) is 0. The van der Waals surface area contributed by atoms with Crippen LogP contribution in [-0.4, -0.2) is 5.78 Å². The molecule has 18 heavy (non-hydrogen) atoms. The lowest BCUT2D eigenvalue weighted by molar-refractivity contribution is 0.0992. The molecule has 4 heteroatoms. The van der Waals surface area contributed by atoms with Gasteiger partial charge >= 0.3 is 0 Å². The van der Waals surface area contributed by atoms with Crippen molar-refractivity contribution in [1.29, 1.82) is 0 Å². The van der Waals surface area contributed by atoms with Gasteiger partial charge in [-0.3, -0.25) is 4.79 Å². The molecule has 0 spiro atoms. The van der Waals surface area contributed by atoms with Crippen LogP contribution in [0.5, 0.6) is 0 Å². The van der Waals surface area contributed by atoms with E-state index in [2.05, 4.69) is 0 Å². The van der Waals surface area contributed by atoms with Gasteiger partial charge in [-0.05, 0) is 35.9 Å². The van der Waals surface area contributed by atoms with Crippen LogP contribution in [0.1, 0.15) is 15.9 Å². The summed E-state index contributed by atoms with van der Waals surface area (Å²) in [6.07, 6.45) is 0.103. The van der Waals surface area contributed by atoms with Crippen LogP contribution in [0, 0.1) is 11.6 Å². The molecular weight excluding hydrogens is 258 g/mol. The highest BCUT2D eigenvalue weighted by Gasteiger charge is 2.10. The summed E-state index contributed by atoms with van der Waals surface area (Å²) in [5.74, 6) is -2.27. The summed E-state index contributed by atoms with van der Waals surface area (Å²) < 4.78 is 25.7. The second-order valence-corrected chi connectivity index (χ2v) is 4.30. The van der Waals surface area contributed by atoms with E-state index in [-0.39, 0.29) is 17.8 Å². The number of Topliss-reactive ketones (excluding diaryl/α,β-unsaturated/α-hetero) is 1. The van der Waals surface area contributed by atoms with E-state index in [1.54, 1.807) is 24.3 Å². The molecule has 0 unspecified atom stereocenters. The summed E-state index contributed by atoms with van der Waals surface area (Å²) >= 11 is 5.80. The van der Waals surface area contributed by atoms with Gasteiger partial charge < -0.3 is 0 Å². The molecule has 0 N–H and O–H groups in total. The molecule has 0 aliphatic heterocycles. The molecule has 0 bridgehead atoms. The number of carbonyl (C=O) groups is 1. The van der Waals surface area contributed by atoms with E-state index in [1.165, 1.54) is 6.07 Å². The first-order valence-corrected chi connectivity index (χ1v) is 5.67. The highest BCUT2D eigenvalue weighted by molar-refractivity contribution is 6.30. The van der Waals surface area contributed by atoms with E-state index < -0.39 is 11.6 Å². The Morgan fingerprint density at radius 2 is 1.83 bits per heavy atom. The summed E-state index contributed by atoms with van der Waals surface area (Å²) in [5, 5.41) is 0.533. The second-order valence-electron chi connectivity index (χ2n) is 3.86. The Labute approximate surface area is 108 Å². The van der Waals surface area contributed by atoms with Crippen molar-refractivity contribution in [3.05, 3.63) is 70.2 Å². The first-order chi connectivity index (χ1) is 8.56. The normalized spacial score (nSPS) is 10.4. The zero-order valence-corrected chi connectivity index (χ0v) is 10.0. The van der Waals surface area contributed by atoms with Crippen LogP contribution < -0.4 is 0 Å². The van der Waals surface area contributed by atoms with Crippen molar-refractivity contribution in [3.63, 3.8) is 0 Å². The molecule has 0 heterocycles. The summed E-state index contributed by atoms with van der Waals surface area (Å²) in [6, 6.07) is 9.97. The molecule has 0 saturated heterocycles. The highest BCUT2D eigenvalue weighted by Crippen LogP contribution is 2.15. The van der Waals surface area contributed by atoms with Crippen molar-refractivity contribution in [2.75, 3.05) is 0 Å². The maximum Gasteiger partial charge on any atom is 0.167 e. The Bertz CT molecular complexity index is 596. The maximum atomic E-state index is 13.0. The molecule has 1 nitrogen and oxygen atoms in total. The molecule has 0 saturated carbocycles. The number of hydrogen-bond acceptors (Lipinski definition) is 1. The number of rotatable bonds is 3. The first kappa shape index (κ1) is 12.7. The third-order valence-corrected chi connectivity index (χ3v) is 2.73. The zero-order chi connectivity index (χ0) is 13.1. The number of benzene rings is 2. The minimum atomic E-state index is -1.02. The molecular formula is C14H9ClF2O. The Morgan fingerprint density at radius 1 is 1.06 bits per heavy atom. The van der Waals surface area contributed by atoms with Gasteiger partial charge in [-0.1, -0.05) is 23.7 Å². The van der Waals surface area contributed by atoms with Crippen LogP contribution >= 0.6 is 11.6 Å². The van der Waals surface area contributed by atoms with Gasteiger partial charge in [-0.15, -0.1) is 0 Å². The molecule has 0 atom stereocenters. The monoisotopic (exact) mass is 266 g/mol. The summed E-state index contributed by atoms with van der Waals surface area (Å²) in [6.45, 7) is 0. The Kier molecular flexibility index (Phi) is 3.72. The first-order valence-electron chi connectivity index (χ1n) is 5.29. The van der Waals surface area contributed by atoms with E-state index in [9.17, 15) is 13.6 Å². The molecule has 2 rings (SSSR count). The van der Waals surface area contributed by atoms with Crippen LogP contribution in [0.2, 0.25) is 5.02 Å². The van der Waals surface area contributed by atoms with Gasteiger partial charge in [0.05, 0.1) is 0 Å². The molecule has 0 amide bonds. The standard InChI is InChI=1S/C14H9ClF2O/c15-11-3-1-2-9(6-11)7-14(18)10-4-5-12(16)13(17)8-10/h1-6,8H,7H2. The quantitative estimate of drug-likeness (QED) is 0.766. The van der Waals surface area contributed by atoms with Crippen molar-refractivity contribution < 1.29 is 13.6 Å². The third kappa shape index (κ3) is 2.93. The fourth-order valence-electron chi connectivity index (χ4n) is 1.60. The molecule has 0 radical (unpaired) electrons. The lowest BCUT2D eigenvalue weighted by atomic mass is 10.0. The van der Waals surface area contributed by atoms with Gasteiger partial charge in [0, 0.05) is 17.0 Å². The van der Waals surface area contributed by atoms with Gasteiger partial charge in [-0.2, -0.15) is 0 Å². The summed E-state index contributed by atoms with van der Waals surface area (Å²) in [5.41, 5.74) is 0.881. The number of carbonyl (C=O) groups excluding carboxylic acids is 1. The maximum absolute atomic E-state index is 13.0. The van der Waals surface area contributed by atoms with Crippen molar-refractivity contribution in [3.8, 4) is 0 Å². The lowest BCUT2D eigenvalue weighted by Crippen LogP contribution is -2.04. The predicted octanol–water partition coefficient (Wildman–Crippen LogP) is 4.04. The van der Waals surface area contributed by atoms with E-state index in [1.807, 2.05) is 0 Å². The molecule has 0 aliphatic rings.